The molecule has 0 aliphatic rings. The molecule has 0 atom stereocenters. The third-order valence-electron chi connectivity index (χ3n) is 12.6. The van der Waals surface area contributed by atoms with Crippen LogP contribution in [-0.4, -0.2) is 0 Å². The van der Waals surface area contributed by atoms with Gasteiger partial charge in [-0.1, -0.05) is 228 Å². The van der Waals surface area contributed by atoms with Crippen molar-refractivity contribution in [2.45, 2.75) is 260 Å². The standard InChI is InChI=1S/C21H36.C20H34.C19H40/c1-15(2)13-20(6,7)18-10-17(5)11-19(12-18)21(8,9)14-16(3)4;1-15(2)13-19(5,6)17-9-11-18(12-10-17)20(7,8)14-16(3)4;1-15(2)11-17(5,6)13-19(9,10)14-18(7,8)12-16(3)4/h10-12,15-16H,13-14H2,1-9H3;9-12,15-16H,13-14H2,1-8H3;15-16H,11-14H2,1-10H3. The number of hydrogen-bond acceptors (Lipinski definition) is 0. The van der Waals surface area contributed by atoms with Gasteiger partial charge in [0.2, 0.25) is 0 Å². The summed E-state index contributed by atoms with van der Waals surface area (Å²) in [7, 11) is 0. The summed E-state index contributed by atoms with van der Waals surface area (Å²) in [4.78, 5) is 0. The quantitative estimate of drug-likeness (QED) is 0.125. The van der Waals surface area contributed by atoms with Crippen LogP contribution in [0.3, 0.4) is 0 Å². The second kappa shape index (κ2) is 23.4. The van der Waals surface area contributed by atoms with Gasteiger partial charge in [0.15, 0.2) is 0 Å². The lowest BCUT2D eigenvalue weighted by Gasteiger charge is -2.41. The average molecular weight is 832 g/mol. The molecule has 60 heavy (non-hydrogen) atoms. The number of hydrogen-bond donors (Lipinski definition) is 0. The number of benzene rings is 2. The summed E-state index contributed by atoms with van der Waals surface area (Å²) in [5, 5.41) is 0. The lowest BCUT2D eigenvalue weighted by atomic mass is 9.64. The molecule has 350 valence electrons. The van der Waals surface area contributed by atoms with Crippen LogP contribution in [0.25, 0.3) is 0 Å². The van der Waals surface area contributed by atoms with E-state index in [9.17, 15) is 0 Å². The van der Waals surface area contributed by atoms with Crippen molar-refractivity contribution in [3.8, 4) is 0 Å². The SMILES string of the molecule is CC(C)CC(C)(C)CC(C)(C)CC(C)(C)CC(C)C.CC(C)CC(C)(C)c1ccc(C(C)(C)CC(C)C)cc1.Cc1cc(C(C)(C)CC(C)C)cc(C(C)(C)CC(C)C)c1. The molecule has 0 saturated heterocycles. The molecular formula is C60H110. The maximum absolute atomic E-state index is 2.47. The van der Waals surface area contributed by atoms with Gasteiger partial charge in [-0.25, -0.2) is 0 Å². The van der Waals surface area contributed by atoms with Crippen LogP contribution in [0.15, 0.2) is 42.5 Å². The average Bonchev–Trinajstić information content (AvgIpc) is 2.96. The minimum absolute atomic E-state index is 0.253. The van der Waals surface area contributed by atoms with Gasteiger partial charge in [-0.05, 0) is 154 Å². The summed E-state index contributed by atoms with van der Waals surface area (Å²) in [6.45, 7) is 63.9. The Bertz CT molecular complexity index is 1370. The molecule has 0 aromatic heterocycles. The number of rotatable bonds is 20. The predicted octanol–water partition coefficient (Wildman–Crippen LogP) is 19.9. The minimum atomic E-state index is 0.253. The van der Waals surface area contributed by atoms with Crippen molar-refractivity contribution >= 4 is 0 Å². The molecule has 0 spiro atoms. The van der Waals surface area contributed by atoms with Crippen LogP contribution in [0.5, 0.6) is 0 Å². The second-order valence-corrected chi connectivity index (χ2v) is 27.6. The molecular weight excluding hydrogens is 721 g/mol. The molecule has 0 saturated carbocycles. The van der Waals surface area contributed by atoms with Crippen LogP contribution in [0.1, 0.15) is 259 Å². The second-order valence-electron chi connectivity index (χ2n) is 27.6. The van der Waals surface area contributed by atoms with E-state index in [2.05, 4.69) is 229 Å². The van der Waals surface area contributed by atoms with E-state index in [1.54, 1.807) is 0 Å². The molecule has 0 aliphatic heterocycles. The Morgan fingerprint density at radius 3 is 0.733 bits per heavy atom. The van der Waals surface area contributed by atoms with E-state index in [0.29, 0.717) is 16.2 Å². The van der Waals surface area contributed by atoms with Crippen LogP contribution in [0.4, 0.5) is 0 Å². The summed E-state index contributed by atoms with van der Waals surface area (Å²) in [5.74, 6) is 4.54. The van der Waals surface area contributed by atoms with Gasteiger partial charge in [-0.2, -0.15) is 0 Å². The van der Waals surface area contributed by atoms with E-state index in [0.717, 1.165) is 35.5 Å². The highest BCUT2D eigenvalue weighted by atomic mass is 14.4. The van der Waals surface area contributed by atoms with Gasteiger partial charge in [-0.3, -0.25) is 0 Å². The van der Waals surface area contributed by atoms with Crippen molar-refractivity contribution in [2.24, 2.45) is 51.8 Å². The van der Waals surface area contributed by atoms with Gasteiger partial charge < -0.3 is 0 Å². The fourth-order valence-electron chi connectivity index (χ4n) is 12.5. The van der Waals surface area contributed by atoms with E-state index in [1.807, 2.05) is 0 Å². The first-order chi connectivity index (χ1) is 26.7. The molecule has 0 fully saturated rings. The van der Waals surface area contributed by atoms with E-state index in [1.165, 1.54) is 79.2 Å². The third-order valence-corrected chi connectivity index (χ3v) is 12.6. The van der Waals surface area contributed by atoms with Gasteiger partial charge in [0.1, 0.15) is 0 Å². The lowest BCUT2D eigenvalue weighted by molar-refractivity contribution is 0.0996. The zero-order chi connectivity index (χ0) is 47.5. The molecule has 0 bridgehead atoms. The van der Waals surface area contributed by atoms with Gasteiger partial charge >= 0.3 is 0 Å². The Morgan fingerprint density at radius 1 is 0.300 bits per heavy atom. The highest BCUT2D eigenvalue weighted by Crippen LogP contribution is 2.46. The normalized spacial score (nSPS) is 13.7. The van der Waals surface area contributed by atoms with Crippen LogP contribution >= 0.6 is 0 Å². The van der Waals surface area contributed by atoms with Gasteiger partial charge in [0, 0.05) is 0 Å². The van der Waals surface area contributed by atoms with E-state index in [-0.39, 0.29) is 21.7 Å². The molecule has 0 heteroatoms. The molecule has 2 aromatic rings. The summed E-state index contributed by atoms with van der Waals surface area (Å²) < 4.78 is 0. The minimum Gasteiger partial charge on any atom is -0.0628 e. The monoisotopic (exact) mass is 831 g/mol. The molecule has 0 amide bonds. The molecule has 0 radical (unpaired) electrons. The van der Waals surface area contributed by atoms with Crippen LogP contribution in [0.2, 0.25) is 0 Å². The highest BCUT2D eigenvalue weighted by molar-refractivity contribution is 5.37. The first kappa shape index (κ1) is 58.4. The first-order valence-corrected chi connectivity index (χ1v) is 25.0. The highest BCUT2D eigenvalue weighted by Gasteiger charge is 2.35. The molecule has 0 nitrogen and oxygen atoms in total. The Balaban J connectivity index is 0.000000872. The summed E-state index contributed by atoms with van der Waals surface area (Å²) in [6.07, 6.45) is 10.3. The summed E-state index contributed by atoms with van der Waals surface area (Å²) in [6, 6.07) is 16.6. The van der Waals surface area contributed by atoms with Crippen molar-refractivity contribution in [3.05, 3.63) is 70.3 Å². The van der Waals surface area contributed by atoms with Crippen molar-refractivity contribution < 1.29 is 0 Å². The maximum atomic E-state index is 2.47. The topological polar surface area (TPSA) is 0 Å². The molecule has 0 N–H and O–H groups in total. The van der Waals surface area contributed by atoms with Crippen LogP contribution in [-0.2, 0) is 21.7 Å². The van der Waals surface area contributed by atoms with Gasteiger partial charge in [0.05, 0.1) is 0 Å². The molecule has 0 unspecified atom stereocenters. The largest absolute Gasteiger partial charge is 0.0628 e. The maximum Gasteiger partial charge on any atom is -0.0101 e. The summed E-state index contributed by atoms with van der Waals surface area (Å²) in [5.41, 5.74) is 9.76. The molecule has 0 heterocycles. The molecule has 0 aliphatic carbocycles. The van der Waals surface area contributed by atoms with E-state index < -0.39 is 0 Å². The molecule has 2 rings (SSSR count). The fourth-order valence-corrected chi connectivity index (χ4v) is 12.5. The Kier molecular flexibility index (Phi) is 22.8. The third kappa shape index (κ3) is 23.2. The Hall–Kier alpha value is -1.56. The fraction of sp³-hybridized carbons (Fsp3) is 0.800. The van der Waals surface area contributed by atoms with Crippen molar-refractivity contribution in [1.82, 2.24) is 0 Å². The summed E-state index contributed by atoms with van der Waals surface area (Å²) >= 11 is 0. The van der Waals surface area contributed by atoms with E-state index in [4.69, 9.17) is 0 Å². The predicted molar refractivity (Wildman–Crippen MR) is 277 cm³/mol. The van der Waals surface area contributed by atoms with Crippen molar-refractivity contribution in [2.75, 3.05) is 0 Å². The Labute approximate surface area is 380 Å². The Morgan fingerprint density at radius 2 is 0.517 bits per heavy atom. The van der Waals surface area contributed by atoms with Gasteiger partial charge in [0.25, 0.3) is 0 Å². The van der Waals surface area contributed by atoms with E-state index >= 15 is 0 Å². The smallest absolute Gasteiger partial charge is 0.0101 e. The van der Waals surface area contributed by atoms with Crippen LogP contribution < -0.4 is 0 Å². The lowest BCUT2D eigenvalue weighted by Crippen LogP contribution is -2.30. The first-order valence-electron chi connectivity index (χ1n) is 25.0. The molecule has 2 aromatic carbocycles. The van der Waals surface area contributed by atoms with Crippen LogP contribution in [0, 0.1) is 58.7 Å². The number of aryl methyl sites for hydroxylation is 1. The van der Waals surface area contributed by atoms with Crippen molar-refractivity contribution in [3.63, 3.8) is 0 Å². The zero-order valence-electron chi connectivity index (χ0n) is 46.2. The zero-order valence-corrected chi connectivity index (χ0v) is 46.2. The van der Waals surface area contributed by atoms with Gasteiger partial charge in [-0.15, -0.1) is 0 Å². The van der Waals surface area contributed by atoms with Crippen molar-refractivity contribution in [1.29, 1.82) is 0 Å².